The van der Waals surface area contributed by atoms with Gasteiger partial charge in [0.15, 0.2) is 5.96 Å². The molecule has 29 heavy (non-hydrogen) atoms. The predicted molar refractivity (Wildman–Crippen MR) is 116 cm³/mol. The van der Waals surface area contributed by atoms with Crippen LogP contribution in [-0.4, -0.2) is 25.0 Å². The van der Waals surface area contributed by atoms with Crippen molar-refractivity contribution in [1.29, 1.82) is 0 Å². The molecule has 0 unspecified atom stereocenters. The zero-order valence-electron chi connectivity index (χ0n) is 16.4. The Morgan fingerprint density at radius 1 is 1.28 bits per heavy atom. The number of benzene rings is 2. The summed E-state index contributed by atoms with van der Waals surface area (Å²) < 4.78 is 20.9. The van der Waals surface area contributed by atoms with E-state index in [2.05, 4.69) is 26.2 Å². The van der Waals surface area contributed by atoms with E-state index < -0.39 is 11.7 Å². The fraction of sp³-hybridized carbons (Fsp3) is 0.364. The van der Waals surface area contributed by atoms with Crippen LogP contribution in [0.25, 0.3) is 0 Å². The number of carbonyl (C=O) groups excluding carboxylic acids is 1. The van der Waals surface area contributed by atoms with Crippen molar-refractivity contribution in [3.63, 3.8) is 0 Å². The second-order valence-electron chi connectivity index (χ2n) is 7.13. The van der Waals surface area contributed by atoms with Crippen LogP contribution < -0.4 is 15.8 Å². The maximum atomic E-state index is 14.6. The number of carbonyl (C=O) groups is 1. The van der Waals surface area contributed by atoms with Crippen molar-refractivity contribution >= 4 is 27.8 Å². The highest BCUT2D eigenvalue weighted by Crippen LogP contribution is 2.26. The van der Waals surface area contributed by atoms with Crippen molar-refractivity contribution in [1.82, 2.24) is 5.32 Å². The Morgan fingerprint density at radius 3 is 2.76 bits per heavy atom. The molecule has 3 N–H and O–H groups in total. The molecule has 1 aliphatic rings. The second kappa shape index (κ2) is 9.87. The molecule has 1 aliphatic carbocycles. The first kappa shape index (κ1) is 21.3. The number of hydrogen-bond donors (Lipinski definition) is 2. The molecule has 1 fully saturated rings. The standard InChI is InChI=1S/C22H25BrFN3O2/c1-29-20-12-10-15(23)13-14(20)9-11-17-18(7-4-8-19(17)24)21(28)27-22(25)26-16-5-2-3-6-16/h4,7-8,10,12-13,16H,2-3,5-6,9,11H2,1H3,(H3,25,26,27,28). The molecule has 0 bridgehead atoms. The number of methoxy groups -OCH3 is 1. The van der Waals surface area contributed by atoms with E-state index in [1.807, 2.05) is 18.2 Å². The third-order valence-corrected chi connectivity index (χ3v) is 5.63. The Kier molecular flexibility index (Phi) is 7.25. The smallest absolute Gasteiger partial charge is 0.258 e. The van der Waals surface area contributed by atoms with Crippen LogP contribution in [0, 0.1) is 5.82 Å². The largest absolute Gasteiger partial charge is 0.496 e. The number of guanidine groups is 1. The molecule has 0 aromatic heterocycles. The Labute approximate surface area is 178 Å². The third-order valence-electron chi connectivity index (χ3n) is 5.14. The van der Waals surface area contributed by atoms with Crippen LogP contribution >= 0.6 is 15.9 Å². The van der Waals surface area contributed by atoms with Gasteiger partial charge < -0.3 is 10.5 Å². The number of amides is 1. The minimum Gasteiger partial charge on any atom is -0.496 e. The summed E-state index contributed by atoms with van der Waals surface area (Å²) in [5, 5.41) is 2.61. The van der Waals surface area contributed by atoms with Crippen molar-refractivity contribution in [3.05, 3.63) is 63.4 Å². The van der Waals surface area contributed by atoms with Gasteiger partial charge in [-0.05, 0) is 61.6 Å². The van der Waals surface area contributed by atoms with E-state index in [9.17, 15) is 9.18 Å². The van der Waals surface area contributed by atoms with Gasteiger partial charge in [0.05, 0.1) is 13.2 Å². The maximum Gasteiger partial charge on any atom is 0.258 e. The fourth-order valence-corrected chi connectivity index (χ4v) is 4.08. The molecule has 0 saturated heterocycles. The molecule has 0 radical (unpaired) electrons. The quantitative estimate of drug-likeness (QED) is 0.495. The third kappa shape index (κ3) is 5.56. The van der Waals surface area contributed by atoms with Crippen LogP contribution in [0.15, 0.2) is 45.9 Å². The number of hydrogen-bond acceptors (Lipinski definition) is 3. The number of nitrogens with two attached hydrogens (primary N) is 1. The van der Waals surface area contributed by atoms with Gasteiger partial charge in [-0.25, -0.2) is 9.38 Å². The summed E-state index contributed by atoms with van der Waals surface area (Å²) in [5.41, 5.74) is 7.45. The van der Waals surface area contributed by atoms with Gasteiger partial charge in [0.1, 0.15) is 11.6 Å². The Balaban J connectivity index is 1.76. The van der Waals surface area contributed by atoms with E-state index in [1.54, 1.807) is 13.2 Å². The highest BCUT2D eigenvalue weighted by Gasteiger charge is 2.18. The first-order valence-electron chi connectivity index (χ1n) is 9.72. The van der Waals surface area contributed by atoms with E-state index in [0.29, 0.717) is 18.4 Å². The van der Waals surface area contributed by atoms with Gasteiger partial charge in [0, 0.05) is 15.6 Å². The molecular formula is C22H25BrFN3O2. The summed E-state index contributed by atoms with van der Waals surface area (Å²) in [5.74, 6) is -0.0490. The molecule has 1 amide bonds. The van der Waals surface area contributed by atoms with E-state index >= 15 is 0 Å². The van der Waals surface area contributed by atoms with Gasteiger partial charge in [-0.2, -0.15) is 0 Å². The molecule has 0 heterocycles. The van der Waals surface area contributed by atoms with E-state index in [0.717, 1.165) is 41.5 Å². The van der Waals surface area contributed by atoms with Crippen molar-refractivity contribution < 1.29 is 13.9 Å². The number of aliphatic imine (C=N–C) groups is 1. The summed E-state index contributed by atoms with van der Waals surface area (Å²) >= 11 is 3.45. The van der Waals surface area contributed by atoms with Crippen molar-refractivity contribution in [2.45, 2.75) is 44.6 Å². The topological polar surface area (TPSA) is 76.7 Å². The van der Waals surface area contributed by atoms with Gasteiger partial charge in [-0.1, -0.05) is 34.8 Å². The van der Waals surface area contributed by atoms with Crippen molar-refractivity contribution in [3.8, 4) is 5.75 Å². The van der Waals surface area contributed by atoms with Gasteiger partial charge in [0.2, 0.25) is 0 Å². The summed E-state index contributed by atoms with van der Waals surface area (Å²) in [7, 11) is 1.60. The molecule has 0 aliphatic heterocycles. The molecule has 0 atom stereocenters. The fourth-order valence-electron chi connectivity index (χ4n) is 3.67. The Bertz CT molecular complexity index is 911. The van der Waals surface area contributed by atoms with Crippen molar-refractivity contribution in [2.24, 2.45) is 10.7 Å². The lowest BCUT2D eigenvalue weighted by Crippen LogP contribution is -2.38. The molecule has 0 spiro atoms. The molecule has 7 heteroatoms. The summed E-state index contributed by atoms with van der Waals surface area (Å²) in [6.07, 6.45) is 5.09. The number of ether oxygens (including phenoxy) is 1. The Hall–Kier alpha value is -2.41. The number of nitrogens with zero attached hydrogens (tertiary/aromatic N) is 1. The monoisotopic (exact) mass is 461 g/mol. The number of aryl methyl sites for hydroxylation is 1. The van der Waals surface area contributed by atoms with Crippen LogP contribution in [0.2, 0.25) is 0 Å². The lowest BCUT2D eigenvalue weighted by molar-refractivity contribution is 0.0975. The molecule has 2 aromatic rings. The second-order valence-corrected chi connectivity index (χ2v) is 8.04. The lowest BCUT2D eigenvalue weighted by atomic mass is 9.98. The number of rotatable bonds is 6. The van der Waals surface area contributed by atoms with Crippen molar-refractivity contribution in [2.75, 3.05) is 7.11 Å². The molecule has 2 aromatic carbocycles. The van der Waals surface area contributed by atoms with Gasteiger partial charge in [-0.3, -0.25) is 10.1 Å². The number of nitrogens with one attached hydrogen (secondary N) is 1. The van der Waals surface area contributed by atoms with Crippen LogP contribution in [-0.2, 0) is 12.8 Å². The van der Waals surface area contributed by atoms with Crippen LogP contribution in [0.4, 0.5) is 4.39 Å². The lowest BCUT2D eigenvalue weighted by Gasteiger charge is -2.13. The molecule has 154 valence electrons. The van der Waals surface area contributed by atoms with Gasteiger partial charge >= 0.3 is 0 Å². The first-order valence-corrected chi connectivity index (χ1v) is 10.5. The molecule has 3 rings (SSSR count). The predicted octanol–water partition coefficient (Wildman–Crippen LogP) is 4.37. The zero-order valence-corrected chi connectivity index (χ0v) is 18.0. The number of halogens is 2. The summed E-state index contributed by atoms with van der Waals surface area (Å²) in [6.45, 7) is 0. The highest BCUT2D eigenvalue weighted by atomic mass is 79.9. The molecular weight excluding hydrogens is 437 g/mol. The minimum absolute atomic E-state index is 0.0887. The van der Waals surface area contributed by atoms with Crippen LogP contribution in [0.3, 0.4) is 0 Å². The van der Waals surface area contributed by atoms with E-state index in [4.69, 9.17) is 10.5 Å². The van der Waals surface area contributed by atoms with Crippen LogP contribution in [0.1, 0.15) is 47.2 Å². The molecule has 1 saturated carbocycles. The normalized spacial score (nSPS) is 14.8. The maximum absolute atomic E-state index is 14.6. The first-order chi connectivity index (χ1) is 14.0. The van der Waals surface area contributed by atoms with Gasteiger partial charge in [0.25, 0.3) is 5.91 Å². The molecule has 5 nitrogen and oxygen atoms in total. The summed E-state index contributed by atoms with van der Waals surface area (Å²) in [6, 6.07) is 10.3. The van der Waals surface area contributed by atoms with Gasteiger partial charge in [-0.15, -0.1) is 0 Å². The highest BCUT2D eigenvalue weighted by molar-refractivity contribution is 9.10. The van der Waals surface area contributed by atoms with E-state index in [1.165, 1.54) is 12.1 Å². The minimum atomic E-state index is -0.444. The average molecular weight is 462 g/mol. The zero-order chi connectivity index (χ0) is 20.8. The SMILES string of the molecule is COc1ccc(Br)cc1CCc1c(F)cccc1C(=O)NC(N)=NC1CCCC1. The van der Waals surface area contributed by atoms with Crippen LogP contribution in [0.5, 0.6) is 5.75 Å². The average Bonchev–Trinajstić information content (AvgIpc) is 3.19. The summed E-state index contributed by atoms with van der Waals surface area (Å²) in [4.78, 5) is 17.1. The Morgan fingerprint density at radius 2 is 2.03 bits per heavy atom. The van der Waals surface area contributed by atoms with E-state index in [-0.39, 0.29) is 17.6 Å².